The SMILES string of the molecule is CCCCn1c(-c2ccc(C(F)(F)F)cc2)cc(C(N)=O)c1C. The maximum atomic E-state index is 12.7. The van der Waals surface area contributed by atoms with Crippen molar-refractivity contribution in [2.24, 2.45) is 5.73 Å². The molecule has 3 nitrogen and oxygen atoms in total. The van der Waals surface area contributed by atoms with Crippen LogP contribution in [0, 0.1) is 6.92 Å². The lowest BCUT2D eigenvalue weighted by Crippen LogP contribution is -2.12. The third kappa shape index (κ3) is 3.57. The lowest BCUT2D eigenvalue weighted by molar-refractivity contribution is -0.137. The second-order valence-corrected chi connectivity index (χ2v) is 5.47. The van der Waals surface area contributed by atoms with Crippen molar-refractivity contribution in [3.63, 3.8) is 0 Å². The van der Waals surface area contributed by atoms with E-state index in [1.54, 1.807) is 13.0 Å². The second kappa shape index (κ2) is 6.48. The molecule has 1 aromatic heterocycles. The Labute approximate surface area is 132 Å². The van der Waals surface area contributed by atoms with Crippen molar-refractivity contribution in [3.8, 4) is 11.3 Å². The summed E-state index contributed by atoms with van der Waals surface area (Å²) in [5, 5.41) is 0. The summed E-state index contributed by atoms with van der Waals surface area (Å²) in [6.45, 7) is 4.53. The Morgan fingerprint density at radius 1 is 1.22 bits per heavy atom. The molecule has 1 heterocycles. The van der Waals surface area contributed by atoms with E-state index in [0.717, 1.165) is 30.7 Å². The number of rotatable bonds is 5. The molecule has 0 aliphatic heterocycles. The molecule has 0 radical (unpaired) electrons. The molecular weight excluding hydrogens is 305 g/mol. The average molecular weight is 324 g/mol. The molecule has 0 bridgehead atoms. The topological polar surface area (TPSA) is 48.0 Å². The number of nitrogens with two attached hydrogens (primary N) is 1. The maximum absolute atomic E-state index is 12.7. The minimum absolute atomic E-state index is 0.399. The van der Waals surface area contributed by atoms with E-state index < -0.39 is 17.6 Å². The van der Waals surface area contributed by atoms with Crippen LogP contribution in [0.4, 0.5) is 13.2 Å². The molecule has 2 aromatic rings. The monoisotopic (exact) mass is 324 g/mol. The van der Waals surface area contributed by atoms with Gasteiger partial charge in [-0.05, 0) is 37.1 Å². The van der Waals surface area contributed by atoms with E-state index in [9.17, 15) is 18.0 Å². The summed E-state index contributed by atoms with van der Waals surface area (Å²) in [6, 6.07) is 6.59. The Morgan fingerprint density at radius 3 is 2.30 bits per heavy atom. The number of unbranched alkanes of at least 4 members (excludes halogenated alkanes) is 1. The molecule has 23 heavy (non-hydrogen) atoms. The van der Waals surface area contributed by atoms with Gasteiger partial charge in [-0.25, -0.2) is 0 Å². The first-order valence-electron chi connectivity index (χ1n) is 7.43. The number of alkyl halides is 3. The summed E-state index contributed by atoms with van der Waals surface area (Å²) in [5.74, 6) is -0.536. The number of aromatic nitrogens is 1. The van der Waals surface area contributed by atoms with Crippen LogP contribution in [0.25, 0.3) is 11.3 Å². The molecule has 0 atom stereocenters. The molecule has 2 N–H and O–H groups in total. The summed E-state index contributed by atoms with van der Waals surface area (Å²) in [4.78, 5) is 11.5. The van der Waals surface area contributed by atoms with E-state index in [4.69, 9.17) is 5.73 Å². The lowest BCUT2D eigenvalue weighted by atomic mass is 10.1. The van der Waals surface area contributed by atoms with Crippen LogP contribution in [0.2, 0.25) is 0 Å². The number of nitrogens with zero attached hydrogens (tertiary/aromatic N) is 1. The number of amides is 1. The number of hydrogen-bond donors (Lipinski definition) is 1. The highest BCUT2D eigenvalue weighted by molar-refractivity contribution is 5.95. The van der Waals surface area contributed by atoms with Gasteiger partial charge in [-0.1, -0.05) is 25.5 Å². The number of hydrogen-bond acceptors (Lipinski definition) is 1. The largest absolute Gasteiger partial charge is 0.416 e. The zero-order valence-electron chi connectivity index (χ0n) is 13.1. The van der Waals surface area contributed by atoms with Gasteiger partial charge in [0.2, 0.25) is 0 Å². The van der Waals surface area contributed by atoms with Gasteiger partial charge in [-0.15, -0.1) is 0 Å². The minimum Gasteiger partial charge on any atom is -0.366 e. The van der Waals surface area contributed by atoms with Gasteiger partial charge in [0.25, 0.3) is 5.91 Å². The predicted octanol–water partition coefficient (Wildman–Crippen LogP) is 4.38. The Kier molecular flexibility index (Phi) is 4.82. The quantitative estimate of drug-likeness (QED) is 0.871. The molecule has 0 aliphatic rings. The maximum Gasteiger partial charge on any atom is 0.416 e. The molecule has 2 rings (SSSR count). The van der Waals surface area contributed by atoms with Crippen molar-refractivity contribution in [1.29, 1.82) is 0 Å². The zero-order valence-corrected chi connectivity index (χ0v) is 13.1. The zero-order chi connectivity index (χ0) is 17.2. The van der Waals surface area contributed by atoms with Crippen LogP contribution < -0.4 is 5.73 Å². The highest BCUT2D eigenvalue weighted by Gasteiger charge is 2.30. The first-order chi connectivity index (χ1) is 10.8. The summed E-state index contributed by atoms with van der Waals surface area (Å²) in [5.41, 5.74) is 7.16. The predicted molar refractivity (Wildman–Crippen MR) is 83.0 cm³/mol. The first-order valence-corrected chi connectivity index (χ1v) is 7.43. The van der Waals surface area contributed by atoms with E-state index in [0.29, 0.717) is 23.4 Å². The molecule has 0 fully saturated rings. The van der Waals surface area contributed by atoms with Crippen LogP contribution in [0.3, 0.4) is 0 Å². The van der Waals surface area contributed by atoms with Crippen LogP contribution in [-0.4, -0.2) is 10.5 Å². The van der Waals surface area contributed by atoms with Gasteiger partial charge < -0.3 is 10.3 Å². The fraction of sp³-hybridized carbons (Fsp3) is 0.353. The van der Waals surface area contributed by atoms with Gasteiger partial charge >= 0.3 is 6.18 Å². The molecule has 1 aromatic carbocycles. The Balaban J connectivity index is 2.49. The number of benzene rings is 1. The van der Waals surface area contributed by atoms with Gasteiger partial charge in [-0.3, -0.25) is 4.79 Å². The average Bonchev–Trinajstić information content (AvgIpc) is 2.81. The van der Waals surface area contributed by atoms with E-state index in [-0.39, 0.29) is 0 Å². The van der Waals surface area contributed by atoms with Gasteiger partial charge in [-0.2, -0.15) is 13.2 Å². The van der Waals surface area contributed by atoms with Crippen molar-refractivity contribution in [2.45, 2.75) is 39.4 Å². The summed E-state index contributed by atoms with van der Waals surface area (Å²) >= 11 is 0. The smallest absolute Gasteiger partial charge is 0.366 e. The highest BCUT2D eigenvalue weighted by atomic mass is 19.4. The van der Waals surface area contributed by atoms with Gasteiger partial charge in [0.05, 0.1) is 11.1 Å². The standard InChI is InChI=1S/C17H19F3N2O/c1-3-4-9-22-11(2)14(16(21)23)10-15(22)12-5-7-13(8-6-12)17(18,19)20/h5-8,10H,3-4,9H2,1-2H3,(H2,21,23). The van der Waals surface area contributed by atoms with Crippen molar-refractivity contribution in [2.75, 3.05) is 0 Å². The number of carbonyl (C=O) groups is 1. The normalized spacial score (nSPS) is 11.7. The summed E-state index contributed by atoms with van der Waals surface area (Å²) in [6.07, 6.45) is -2.49. The van der Waals surface area contributed by atoms with Crippen molar-refractivity contribution >= 4 is 5.91 Å². The first kappa shape index (κ1) is 17.1. The number of carbonyl (C=O) groups excluding carboxylic acids is 1. The lowest BCUT2D eigenvalue weighted by Gasteiger charge is -2.12. The summed E-state index contributed by atoms with van der Waals surface area (Å²) < 4.78 is 40.0. The van der Waals surface area contributed by atoms with Crippen LogP contribution in [0.1, 0.15) is 41.4 Å². The Morgan fingerprint density at radius 2 is 1.83 bits per heavy atom. The fourth-order valence-corrected chi connectivity index (χ4v) is 2.57. The highest BCUT2D eigenvalue weighted by Crippen LogP contribution is 2.32. The molecular formula is C17H19F3N2O. The second-order valence-electron chi connectivity index (χ2n) is 5.47. The van der Waals surface area contributed by atoms with E-state index >= 15 is 0 Å². The minimum atomic E-state index is -4.36. The third-order valence-electron chi connectivity index (χ3n) is 3.88. The fourth-order valence-electron chi connectivity index (χ4n) is 2.57. The van der Waals surface area contributed by atoms with Gasteiger partial charge in [0, 0.05) is 17.9 Å². The van der Waals surface area contributed by atoms with E-state index in [2.05, 4.69) is 0 Å². The van der Waals surface area contributed by atoms with Crippen molar-refractivity contribution in [1.82, 2.24) is 4.57 Å². The van der Waals surface area contributed by atoms with Crippen LogP contribution in [0.5, 0.6) is 0 Å². The molecule has 124 valence electrons. The van der Waals surface area contributed by atoms with E-state index in [1.165, 1.54) is 12.1 Å². The van der Waals surface area contributed by atoms with Crippen LogP contribution in [0.15, 0.2) is 30.3 Å². The number of halogens is 3. The molecule has 0 saturated heterocycles. The third-order valence-corrected chi connectivity index (χ3v) is 3.88. The molecule has 0 unspecified atom stereocenters. The molecule has 1 amide bonds. The van der Waals surface area contributed by atoms with Gasteiger partial charge in [0.1, 0.15) is 0 Å². The molecule has 0 spiro atoms. The van der Waals surface area contributed by atoms with Crippen molar-refractivity contribution < 1.29 is 18.0 Å². The van der Waals surface area contributed by atoms with Crippen LogP contribution >= 0.6 is 0 Å². The molecule has 0 saturated carbocycles. The van der Waals surface area contributed by atoms with Crippen molar-refractivity contribution in [3.05, 3.63) is 47.2 Å². The molecule has 0 aliphatic carbocycles. The number of primary amides is 1. The van der Waals surface area contributed by atoms with E-state index in [1.807, 2.05) is 11.5 Å². The summed E-state index contributed by atoms with van der Waals surface area (Å²) in [7, 11) is 0. The Hall–Kier alpha value is -2.24. The Bertz CT molecular complexity index is 700. The van der Waals surface area contributed by atoms with Crippen LogP contribution in [-0.2, 0) is 12.7 Å². The van der Waals surface area contributed by atoms with Gasteiger partial charge in [0.15, 0.2) is 0 Å². The molecule has 6 heteroatoms.